The first-order valence-corrected chi connectivity index (χ1v) is 9.26. The summed E-state index contributed by atoms with van der Waals surface area (Å²) in [6, 6.07) is 24.9. The van der Waals surface area contributed by atoms with Gasteiger partial charge in [0, 0.05) is 37.9 Å². The zero-order valence-corrected chi connectivity index (χ0v) is 16.0. The summed E-state index contributed by atoms with van der Waals surface area (Å²) < 4.78 is 0. The van der Waals surface area contributed by atoms with Crippen molar-refractivity contribution < 1.29 is 0 Å². The molecule has 0 unspecified atom stereocenters. The number of benzene rings is 2. The molecule has 0 saturated heterocycles. The normalized spacial score (nSPS) is 10.5. The minimum Gasteiger partial charge on any atom is -0.388 e. The van der Waals surface area contributed by atoms with Crippen molar-refractivity contribution in [1.82, 2.24) is 9.97 Å². The zero-order chi connectivity index (χ0) is 19.3. The van der Waals surface area contributed by atoms with Crippen molar-refractivity contribution in [2.24, 2.45) is 0 Å². The van der Waals surface area contributed by atoms with E-state index in [1.54, 1.807) is 0 Å². The Morgan fingerprint density at radius 2 is 0.964 bits per heavy atom. The summed E-state index contributed by atoms with van der Waals surface area (Å²) in [5, 5.41) is 6.37. The van der Waals surface area contributed by atoms with Crippen molar-refractivity contribution in [2.75, 3.05) is 24.7 Å². The molecule has 4 nitrogen and oxygen atoms in total. The van der Waals surface area contributed by atoms with Crippen molar-refractivity contribution in [3.8, 4) is 33.6 Å². The van der Waals surface area contributed by atoms with Crippen molar-refractivity contribution in [3.63, 3.8) is 0 Å². The van der Waals surface area contributed by atoms with E-state index in [0.717, 1.165) is 45.0 Å². The fourth-order valence-electron chi connectivity index (χ4n) is 3.21. The van der Waals surface area contributed by atoms with E-state index >= 15 is 0 Å². The number of hydrogen-bond donors (Lipinski definition) is 2. The van der Waals surface area contributed by atoms with Crippen LogP contribution in [0.3, 0.4) is 0 Å². The number of nitrogens with one attached hydrogen (secondary N) is 2. The molecular formula is C24H22N4. The van der Waals surface area contributed by atoms with E-state index < -0.39 is 0 Å². The van der Waals surface area contributed by atoms with Gasteiger partial charge in [-0.3, -0.25) is 9.97 Å². The van der Waals surface area contributed by atoms with Gasteiger partial charge < -0.3 is 10.6 Å². The number of anilines is 2. The molecule has 0 aliphatic carbocycles. The van der Waals surface area contributed by atoms with Crippen LogP contribution < -0.4 is 10.6 Å². The van der Waals surface area contributed by atoms with Gasteiger partial charge in [-0.1, -0.05) is 24.3 Å². The van der Waals surface area contributed by atoms with Crippen LogP contribution in [0.5, 0.6) is 0 Å². The van der Waals surface area contributed by atoms with Crippen LogP contribution >= 0.6 is 0 Å². The van der Waals surface area contributed by atoms with E-state index in [4.69, 9.17) is 0 Å². The molecule has 0 radical (unpaired) electrons. The summed E-state index contributed by atoms with van der Waals surface area (Å²) in [5.41, 5.74) is 8.42. The SMILES string of the molecule is CNc1cccc(-c2ccnc(-c3cc(-c4cccc(NC)c4)ccn3)c2)c1. The monoisotopic (exact) mass is 366 g/mol. The second-order valence-corrected chi connectivity index (χ2v) is 6.52. The average Bonchev–Trinajstić information content (AvgIpc) is 2.79. The van der Waals surface area contributed by atoms with E-state index in [-0.39, 0.29) is 0 Å². The van der Waals surface area contributed by atoms with Gasteiger partial charge in [-0.2, -0.15) is 0 Å². The molecule has 0 fully saturated rings. The van der Waals surface area contributed by atoms with Gasteiger partial charge in [0.25, 0.3) is 0 Å². The molecule has 4 aromatic rings. The van der Waals surface area contributed by atoms with Crippen LogP contribution in [0, 0.1) is 0 Å². The van der Waals surface area contributed by atoms with E-state index in [0.29, 0.717) is 0 Å². The lowest BCUT2D eigenvalue weighted by atomic mass is 10.0. The molecule has 0 aliphatic heterocycles. The molecule has 0 bridgehead atoms. The molecule has 28 heavy (non-hydrogen) atoms. The van der Waals surface area contributed by atoms with E-state index in [1.807, 2.05) is 38.6 Å². The van der Waals surface area contributed by atoms with Gasteiger partial charge in [0.05, 0.1) is 11.4 Å². The second kappa shape index (κ2) is 7.92. The predicted molar refractivity (Wildman–Crippen MR) is 117 cm³/mol. The standard InChI is InChI=1S/C24H22N4/c1-25-21-7-3-5-17(13-21)19-9-11-27-23(15-19)24-16-20(10-12-28-24)18-6-4-8-22(14-18)26-2/h3-16,25-26H,1-2H3. The molecule has 4 rings (SSSR count). The highest BCUT2D eigenvalue weighted by atomic mass is 14.8. The molecule has 0 spiro atoms. The van der Waals surface area contributed by atoms with Gasteiger partial charge in [-0.25, -0.2) is 0 Å². The minimum absolute atomic E-state index is 0.860. The van der Waals surface area contributed by atoms with Crippen molar-refractivity contribution in [1.29, 1.82) is 0 Å². The Morgan fingerprint density at radius 3 is 1.39 bits per heavy atom. The first-order valence-electron chi connectivity index (χ1n) is 9.26. The molecule has 2 heterocycles. The Labute approximate surface area is 165 Å². The summed E-state index contributed by atoms with van der Waals surface area (Å²) in [6.45, 7) is 0. The topological polar surface area (TPSA) is 49.8 Å². The summed E-state index contributed by atoms with van der Waals surface area (Å²) >= 11 is 0. The van der Waals surface area contributed by atoms with Crippen LogP contribution in [-0.2, 0) is 0 Å². The van der Waals surface area contributed by atoms with Crippen molar-refractivity contribution in [2.45, 2.75) is 0 Å². The Hall–Kier alpha value is -3.66. The van der Waals surface area contributed by atoms with Gasteiger partial charge in [0.15, 0.2) is 0 Å². The number of hydrogen-bond acceptors (Lipinski definition) is 4. The molecule has 2 aromatic carbocycles. The number of rotatable bonds is 5. The van der Waals surface area contributed by atoms with Crippen LogP contribution in [0.4, 0.5) is 11.4 Å². The van der Waals surface area contributed by atoms with Gasteiger partial charge in [0.1, 0.15) is 0 Å². The molecule has 2 aromatic heterocycles. The Balaban J connectivity index is 1.72. The predicted octanol–water partition coefficient (Wildman–Crippen LogP) is 5.56. The minimum atomic E-state index is 0.860. The van der Waals surface area contributed by atoms with Crippen molar-refractivity contribution in [3.05, 3.63) is 85.2 Å². The van der Waals surface area contributed by atoms with Crippen LogP contribution in [0.1, 0.15) is 0 Å². The molecular weight excluding hydrogens is 344 g/mol. The lowest BCUT2D eigenvalue weighted by molar-refractivity contribution is 1.25. The molecule has 0 amide bonds. The third-order valence-electron chi connectivity index (χ3n) is 4.75. The average molecular weight is 366 g/mol. The second-order valence-electron chi connectivity index (χ2n) is 6.52. The van der Waals surface area contributed by atoms with Gasteiger partial charge in [-0.05, 0) is 70.8 Å². The summed E-state index contributed by atoms with van der Waals surface area (Å²) in [4.78, 5) is 9.11. The summed E-state index contributed by atoms with van der Waals surface area (Å²) in [7, 11) is 3.85. The molecule has 2 N–H and O–H groups in total. The summed E-state index contributed by atoms with van der Waals surface area (Å²) in [6.07, 6.45) is 3.68. The maximum Gasteiger partial charge on any atom is 0.0892 e. The fraction of sp³-hybridized carbons (Fsp3) is 0.0833. The Morgan fingerprint density at radius 1 is 0.536 bits per heavy atom. The molecule has 0 saturated carbocycles. The van der Waals surface area contributed by atoms with Gasteiger partial charge in [0.2, 0.25) is 0 Å². The summed E-state index contributed by atoms with van der Waals surface area (Å²) in [5.74, 6) is 0. The zero-order valence-electron chi connectivity index (χ0n) is 16.0. The molecule has 4 heteroatoms. The van der Waals surface area contributed by atoms with Crippen LogP contribution in [0.25, 0.3) is 33.6 Å². The lowest BCUT2D eigenvalue weighted by Crippen LogP contribution is -1.91. The lowest BCUT2D eigenvalue weighted by Gasteiger charge is -2.09. The van der Waals surface area contributed by atoms with Gasteiger partial charge in [-0.15, -0.1) is 0 Å². The van der Waals surface area contributed by atoms with Crippen LogP contribution in [0.2, 0.25) is 0 Å². The maximum absolute atomic E-state index is 4.56. The number of aromatic nitrogens is 2. The quantitative estimate of drug-likeness (QED) is 0.485. The smallest absolute Gasteiger partial charge is 0.0892 e. The van der Waals surface area contributed by atoms with E-state index in [1.165, 1.54) is 0 Å². The molecule has 0 aliphatic rings. The Bertz CT molecular complexity index is 1020. The fourth-order valence-corrected chi connectivity index (χ4v) is 3.21. The third kappa shape index (κ3) is 3.71. The highest BCUT2D eigenvalue weighted by molar-refractivity contribution is 5.75. The van der Waals surface area contributed by atoms with Gasteiger partial charge >= 0.3 is 0 Å². The first-order chi connectivity index (χ1) is 13.8. The highest BCUT2D eigenvalue weighted by Crippen LogP contribution is 2.28. The van der Waals surface area contributed by atoms with Crippen LogP contribution in [0.15, 0.2) is 85.2 Å². The number of pyridine rings is 2. The Kier molecular flexibility index (Phi) is 5.02. The largest absolute Gasteiger partial charge is 0.388 e. The van der Waals surface area contributed by atoms with E-state index in [2.05, 4.69) is 81.3 Å². The third-order valence-corrected chi connectivity index (χ3v) is 4.75. The number of nitrogens with zero attached hydrogens (tertiary/aromatic N) is 2. The molecule has 0 atom stereocenters. The van der Waals surface area contributed by atoms with E-state index in [9.17, 15) is 0 Å². The maximum atomic E-state index is 4.56. The van der Waals surface area contributed by atoms with Crippen molar-refractivity contribution >= 4 is 11.4 Å². The van der Waals surface area contributed by atoms with Crippen LogP contribution in [-0.4, -0.2) is 24.1 Å². The molecule has 138 valence electrons. The first kappa shape index (κ1) is 17.7. The highest BCUT2D eigenvalue weighted by Gasteiger charge is 2.07.